The highest BCUT2D eigenvalue weighted by atomic mass is 16.5. The number of aliphatic hydroxyl groups is 1. The van der Waals surface area contributed by atoms with Crippen LogP contribution in [0.4, 0.5) is 5.69 Å². The minimum atomic E-state index is -0.876. The lowest BCUT2D eigenvalue weighted by Crippen LogP contribution is -2.60. The quantitative estimate of drug-likeness (QED) is 0.779. The van der Waals surface area contributed by atoms with Crippen LogP contribution in [0.2, 0.25) is 0 Å². The van der Waals surface area contributed by atoms with Gasteiger partial charge in [0.15, 0.2) is 0 Å². The highest BCUT2D eigenvalue weighted by Gasteiger charge is 2.71. The fourth-order valence-corrected chi connectivity index (χ4v) is 5.59. The molecule has 0 saturated carbocycles. The molecule has 0 radical (unpaired) electrons. The Hall–Kier alpha value is -2.27. The third-order valence-corrected chi connectivity index (χ3v) is 6.36. The van der Waals surface area contributed by atoms with E-state index in [1.807, 2.05) is 13.8 Å². The monoisotopic (exact) mass is 397 g/mol. The summed E-state index contributed by atoms with van der Waals surface area (Å²) in [7, 11) is 0. The molecule has 154 valence electrons. The summed E-state index contributed by atoms with van der Waals surface area (Å²) >= 11 is 0. The number of carbonyl (C=O) groups excluding carboxylic acids is 2. The molecule has 2 bridgehead atoms. The van der Waals surface area contributed by atoms with Gasteiger partial charge >= 0.3 is 0 Å². The topological polar surface area (TPSA) is 93.9 Å². The Morgan fingerprint density at radius 1 is 1.21 bits per heavy atom. The highest BCUT2D eigenvalue weighted by molar-refractivity contribution is 6.23. The normalized spacial score (nSPS) is 34.4. The number of aryl methyl sites for hydroxylation is 1. The summed E-state index contributed by atoms with van der Waals surface area (Å²) < 4.78 is 6.33. The number of ether oxygens (including phenoxy) is 1. The number of anilines is 1. The van der Waals surface area contributed by atoms with Gasteiger partial charge in [0.05, 0.1) is 46.0 Å². The average molecular weight is 397 g/mol. The molecular weight excluding hydrogens is 370 g/mol. The minimum absolute atomic E-state index is 0.250. The zero-order valence-corrected chi connectivity index (χ0v) is 17.5. The van der Waals surface area contributed by atoms with Crippen molar-refractivity contribution in [1.82, 2.24) is 4.90 Å². The van der Waals surface area contributed by atoms with Crippen LogP contribution in [0.1, 0.15) is 38.8 Å². The van der Waals surface area contributed by atoms with E-state index in [0.29, 0.717) is 30.9 Å². The van der Waals surface area contributed by atoms with Crippen molar-refractivity contribution in [2.24, 2.45) is 11.8 Å². The Balaban J connectivity index is 1.70. The van der Waals surface area contributed by atoms with Crippen LogP contribution in [-0.4, -0.2) is 58.3 Å². The third kappa shape index (κ3) is 2.98. The summed E-state index contributed by atoms with van der Waals surface area (Å²) in [4.78, 5) is 30.2. The van der Waals surface area contributed by atoms with Gasteiger partial charge in [0.2, 0.25) is 11.8 Å². The van der Waals surface area contributed by atoms with E-state index >= 15 is 0 Å². The zero-order valence-electron chi connectivity index (χ0n) is 17.5. The Labute approximate surface area is 170 Å². The molecule has 3 aliphatic heterocycles. The molecule has 2 amide bonds. The van der Waals surface area contributed by atoms with E-state index < -0.39 is 28.6 Å². The van der Waals surface area contributed by atoms with Crippen LogP contribution in [0.3, 0.4) is 0 Å². The second kappa shape index (κ2) is 6.11. The van der Waals surface area contributed by atoms with E-state index in [-0.39, 0.29) is 11.8 Å². The van der Waals surface area contributed by atoms with Gasteiger partial charge in [0, 0.05) is 19.6 Å². The van der Waals surface area contributed by atoms with Gasteiger partial charge < -0.3 is 9.84 Å². The molecule has 3 aliphatic rings. The molecule has 3 heterocycles. The number of hydrogen-bond donors (Lipinski definition) is 1. The van der Waals surface area contributed by atoms with Crippen molar-refractivity contribution in [2.75, 3.05) is 24.5 Å². The maximum Gasteiger partial charge on any atom is 0.240 e. The van der Waals surface area contributed by atoms with Gasteiger partial charge in [-0.2, -0.15) is 5.26 Å². The molecule has 1 N–H and O–H groups in total. The standard InChI is InChI=1S/C22H27N3O4/c1-13-8-15(7-6-14(13)9-23)25-18(26)16-17(19(25)27)22(5)12-24(10-20(2,3)28)11-21(16,4)29-22/h6-8,16-17,28H,10-12H2,1-5H3/t16-,17+,21-,22+. The smallest absolute Gasteiger partial charge is 0.240 e. The van der Waals surface area contributed by atoms with E-state index in [4.69, 9.17) is 10.00 Å². The first-order valence-electron chi connectivity index (χ1n) is 9.92. The molecule has 7 heteroatoms. The van der Waals surface area contributed by atoms with Crippen molar-refractivity contribution in [3.63, 3.8) is 0 Å². The van der Waals surface area contributed by atoms with Crippen LogP contribution in [0.25, 0.3) is 0 Å². The van der Waals surface area contributed by atoms with E-state index in [0.717, 1.165) is 5.56 Å². The van der Waals surface area contributed by atoms with Gasteiger partial charge in [0.1, 0.15) is 0 Å². The third-order valence-electron chi connectivity index (χ3n) is 6.36. The number of carbonyl (C=O) groups is 2. The molecule has 4 atom stereocenters. The number of imide groups is 1. The summed E-state index contributed by atoms with van der Waals surface area (Å²) in [5.74, 6) is -1.63. The molecule has 1 aromatic carbocycles. The van der Waals surface area contributed by atoms with Crippen molar-refractivity contribution in [2.45, 2.75) is 51.4 Å². The molecule has 3 fully saturated rings. The van der Waals surface area contributed by atoms with Crippen molar-refractivity contribution in [3.05, 3.63) is 29.3 Å². The minimum Gasteiger partial charge on any atom is -0.389 e. The van der Waals surface area contributed by atoms with Gasteiger partial charge in [-0.15, -0.1) is 0 Å². The Morgan fingerprint density at radius 2 is 1.76 bits per heavy atom. The first-order valence-corrected chi connectivity index (χ1v) is 9.92. The van der Waals surface area contributed by atoms with E-state index in [1.165, 1.54) is 4.90 Å². The highest BCUT2D eigenvalue weighted by Crippen LogP contribution is 2.55. The number of nitriles is 1. The fraction of sp³-hybridized carbons (Fsp3) is 0.591. The molecule has 0 unspecified atom stereocenters. The Kier molecular flexibility index (Phi) is 4.22. The van der Waals surface area contributed by atoms with Crippen LogP contribution in [0.5, 0.6) is 0 Å². The van der Waals surface area contributed by atoms with Crippen molar-refractivity contribution < 1.29 is 19.4 Å². The number of fused-ring (bicyclic) bond motifs is 5. The maximum absolute atomic E-state index is 13.4. The predicted molar refractivity (Wildman–Crippen MR) is 106 cm³/mol. The lowest BCUT2D eigenvalue weighted by molar-refractivity contribution is -0.174. The second-order valence-corrected chi connectivity index (χ2v) is 9.76. The first kappa shape index (κ1) is 20.0. The summed E-state index contributed by atoms with van der Waals surface area (Å²) in [6.45, 7) is 10.5. The Bertz CT molecular complexity index is 910. The molecular formula is C22H27N3O4. The molecule has 0 aromatic heterocycles. The first-order chi connectivity index (χ1) is 13.4. The molecule has 29 heavy (non-hydrogen) atoms. The number of nitrogens with zero attached hydrogens (tertiary/aromatic N) is 3. The van der Waals surface area contributed by atoms with Gasteiger partial charge in [0.25, 0.3) is 0 Å². The van der Waals surface area contributed by atoms with E-state index in [2.05, 4.69) is 11.0 Å². The van der Waals surface area contributed by atoms with Crippen LogP contribution < -0.4 is 4.90 Å². The number of morpholine rings is 1. The Morgan fingerprint density at radius 3 is 2.21 bits per heavy atom. The van der Waals surface area contributed by atoms with Gasteiger partial charge in [-0.25, -0.2) is 4.90 Å². The average Bonchev–Trinajstić information content (AvgIpc) is 2.93. The van der Waals surface area contributed by atoms with Gasteiger partial charge in [-0.1, -0.05) is 0 Å². The molecule has 7 nitrogen and oxygen atoms in total. The number of likely N-dealkylation sites (tertiary alicyclic amines) is 1. The summed E-state index contributed by atoms with van der Waals surface area (Å²) in [5.41, 5.74) is -0.719. The lowest BCUT2D eigenvalue weighted by Gasteiger charge is -2.46. The van der Waals surface area contributed by atoms with Crippen molar-refractivity contribution in [1.29, 1.82) is 5.26 Å². The zero-order chi connectivity index (χ0) is 21.4. The molecule has 1 aromatic rings. The van der Waals surface area contributed by atoms with Crippen LogP contribution >= 0.6 is 0 Å². The van der Waals surface area contributed by atoms with Gasteiger partial charge in [-0.3, -0.25) is 14.5 Å². The van der Waals surface area contributed by atoms with Crippen LogP contribution in [0, 0.1) is 30.1 Å². The van der Waals surface area contributed by atoms with E-state index in [1.54, 1.807) is 39.0 Å². The number of benzene rings is 1. The van der Waals surface area contributed by atoms with Crippen molar-refractivity contribution in [3.8, 4) is 6.07 Å². The number of rotatable bonds is 3. The van der Waals surface area contributed by atoms with Crippen LogP contribution in [0.15, 0.2) is 18.2 Å². The maximum atomic E-state index is 13.4. The number of amides is 2. The molecule has 4 rings (SSSR count). The number of hydrogen-bond acceptors (Lipinski definition) is 6. The van der Waals surface area contributed by atoms with Gasteiger partial charge in [-0.05, 0) is 58.4 Å². The predicted octanol–water partition coefficient (Wildman–Crippen LogP) is 1.61. The molecule has 0 aliphatic carbocycles. The molecule has 0 spiro atoms. The summed E-state index contributed by atoms with van der Waals surface area (Å²) in [5, 5.41) is 19.4. The summed E-state index contributed by atoms with van der Waals surface area (Å²) in [6, 6.07) is 7.13. The lowest BCUT2D eigenvalue weighted by atomic mass is 9.79. The SMILES string of the molecule is Cc1cc(N2C(=O)[C@@H]3[C@H](C2=O)[C@@]2(C)CN(CC(C)(C)O)C[C@]3(C)O2)ccc1C#N. The van der Waals surface area contributed by atoms with Crippen LogP contribution in [-0.2, 0) is 14.3 Å². The van der Waals surface area contributed by atoms with Crippen molar-refractivity contribution >= 4 is 17.5 Å². The second-order valence-electron chi connectivity index (χ2n) is 9.76. The van der Waals surface area contributed by atoms with E-state index in [9.17, 15) is 14.7 Å². The number of β-amino-alcohol motifs (C(OH)–C–C–N with tert-alkyl or cyclic N) is 1. The largest absolute Gasteiger partial charge is 0.389 e. The fourth-order valence-electron chi connectivity index (χ4n) is 5.59. The summed E-state index contributed by atoms with van der Waals surface area (Å²) in [6.07, 6.45) is 0. The molecule has 3 saturated heterocycles.